The van der Waals surface area contributed by atoms with Crippen molar-refractivity contribution in [2.75, 3.05) is 19.5 Å². The van der Waals surface area contributed by atoms with Gasteiger partial charge < -0.3 is 19.8 Å². The molecule has 0 atom stereocenters. The first kappa shape index (κ1) is 15.2. The Morgan fingerprint density at radius 3 is 2.44 bits per heavy atom. The van der Waals surface area contributed by atoms with E-state index < -0.39 is 0 Å². The highest BCUT2D eigenvalue weighted by molar-refractivity contribution is 6.09. The zero-order valence-corrected chi connectivity index (χ0v) is 13.6. The first-order valence-electron chi connectivity index (χ1n) is 7.60. The van der Waals surface area contributed by atoms with Crippen molar-refractivity contribution < 1.29 is 13.9 Å². The molecule has 0 unspecified atom stereocenters. The van der Waals surface area contributed by atoms with E-state index in [1.54, 1.807) is 26.4 Å². The summed E-state index contributed by atoms with van der Waals surface area (Å²) in [7, 11) is 3.18. The van der Waals surface area contributed by atoms with Crippen LogP contribution in [0.2, 0.25) is 0 Å². The monoisotopic (exact) mass is 338 g/mol. The zero-order valence-electron chi connectivity index (χ0n) is 13.6. The first-order chi connectivity index (χ1) is 12.2. The van der Waals surface area contributed by atoms with Crippen LogP contribution >= 0.6 is 0 Å². The highest BCUT2D eigenvalue weighted by Crippen LogP contribution is 2.36. The molecule has 7 heteroatoms. The molecular formula is C18H15FN4O2. The summed E-state index contributed by atoms with van der Waals surface area (Å²) in [6.45, 7) is 0. The fourth-order valence-electron chi connectivity index (χ4n) is 2.79. The SMILES string of the molecule is COc1cc2[nH]c3c(Nc4ccc(F)cc4)ncnc3c2cc1OC. The fraction of sp³-hybridized carbons (Fsp3) is 0.111. The zero-order chi connectivity index (χ0) is 17.4. The Bertz CT molecular complexity index is 1060. The molecule has 6 nitrogen and oxygen atoms in total. The number of hydrogen-bond acceptors (Lipinski definition) is 5. The number of hydrogen-bond donors (Lipinski definition) is 2. The van der Waals surface area contributed by atoms with Gasteiger partial charge in [-0.3, -0.25) is 0 Å². The van der Waals surface area contributed by atoms with Gasteiger partial charge in [0, 0.05) is 17.1 Å². The maximum atomic E-state index is 13.1. The maximum absolute atomic E-state index is 13.1. The minimum atomic E-state index is -0.289. The van der Waals surface area contributed by atoms with Crippen LogP contribution in [0.3, 0.4) is 0 Å². The Morgan fingerprint density at radius 1 is 1.00 bits per heavy atom. The summed E-state index contributed by atoms with van der Waals surface area (Å²) in [5.41, 5.74) is 3.10. The normalized spacial score (nSPS) is 11.0. The number of ether oxygens (including phenoxy) is 2. The van der Waals surface area contributed by atoms with Crippen LogP contribution in [0, 0.1) is 5.82 Å². The summed E-state index contributed by atoms with van der Waals surface area (Å²) in [4.78, 5) is 12.0. The van der Waals surface area contributed by atoms with Crippen molar-refractivity contribution in [3.8, 4) is 11.5 Å². The van der Waals surface area contributed by atoms with Crippen molar-refractivity contribution in [3.05, 3.63) is 48.5 Å². The Hall–Kier alpha value is -3.35. The van der Waals surface area contributed by atoms with E-state index in [-0.39, 0.29) is 5.82 Å². The molecule has 2 N–H and O–H groups in total. The lowest BCUT2D eigenvalue weighted by molar-refractivity contribution is 0.356. The van der Waals surface area contributed by atoms with E-state index in [0.29, 0.717) is 17.3 Å². The topological polar surface area (TPSA) is 72.1 Å². The van der Waals surface area contributed by atoms with Gasteiger partial charge in [0.1, 0.15) is 23.2 Å². The molecule has 0 aliphatic heterocycles. The fourth-order valence-corrected chi connectivity index (χ4v) is 2.79. The van der Waals surface area contributed by atoms with E-state index in [2.05, 4.69) is 20.3 Å². The number of halogens is 1. The van der Waals surface area contributed by atoms with Crippen LogP contribution in [0.1, 0.15) is 0 Å². The van der Waals surface area contributed by atoms with Crippen molar-refractivity contribution in [2.45, 2.75) is 0 Å². The molecule has 2 aromatic carbocycles. The number of rotatable bonds is 4. The largest absolute Gasteiger partial charge is 0.493 e. The van der Waals surface area contributed by atoms with Gasteiger partial charge >= 0.3 is 0 Å². The van der Waals surface area contributed by atoms with Crippen LogP contribution in [-0.2, 0) is 0 Å². The predicted octanol–water partition coefficient (Wildman–Crippen LogP) is 4.01. The molecule has 0 bridgehead atoms. The maximum Gasteiger partial charge on any atom is 0.162 e. The summed E-state index contributed by atoms with van der Waals surface area (Å²) in [5.74, 6) is 1.57. The Morgan fingerprint density at radius 2 is 1.72 bits per heavy atom. The predicted molar refractivity (Wildman–Crippen MR) is 94.2 cm³/mol. The van der Waals surface area contributed by atoms with E-state index >= 15 is 0 Å². The molecule has 2 heterocycles. The van der Waals surface area contributed by atoms with Crippen LogP contribution in [0.15, 0.2) is 42.7 Å². The molecule has 25 heavy (non-hydrogen) atoms. The highest BCUT2D eigenvalue weighted by atomic mass is 19.1. The number of aromatic amines is 1. The minimum Gasteiger partial charge on any atom is -0.493 e. The standard InChI is InChI=1S/C18H15FN4O2/c1-24-14-7-12-13(8-15(14)25-2)23-17-16(12)20-9-21-18(17)22-11-5-3-10(19)4-6-11/h3-9,23H,1-2H3,(H,20,21,22). The molecule has 0 radical (unpaired) electrons. The van der Waals surface area contributed by atoms with Crippen molar-refractivity contribution in [1.82, 2.24) is 15.0 Å². The Labute approximate surface area is 142 Å². The number of nitrogens with zero attached hydrogens (tertiary/aromatic N) is 2. The molecule has 2 aromatic heterocycles. The third kappa shape index (κ3) is 2.59. The van der Waals surface area contributed by atoms with Gasteiger partial charge in [-0.15, -0.1) is 0 Å². The molecule has 0 aliphatic carbocycles. The molecular weight excluding hydrogens is 323 g/mol. The molecule has 4 aromatic rings. The third-order valence-corrected chi connectivity index (χ3v) is 3.99. The van der Waals surface area contributed by atoms with Gasteiger partial charge in [0.2, 0.25) is 0 Å². The smallest absolute Gasteiger partial charge is 0.162 e. The average molecular weight is 338 g/mol. The van der Waals surface area contributed by atoms with E-state index in [1.807, 2.05) is 12.1 Å². The molecule has 0 spiro atoms. The second-order valence-corrected chi connectivity index (χ2v) is 5.46. The molecule has 126 valence electrons. The van der Waals surface area contributed by atoms with Crippen LogP contribution in [0.5, 0.6) is 11.5 Å². The number of fused-ring (bicyclic) bond motifs is 3. The third-order valence-electron chi connectivity index (χ3n) is 3.99. The van der Waals surface area contributed by atoms with Crippen LogP contribution in [0.4, 0.5) is 15.9 Å². The van der Waals surface area contributed by atoms with E-state index in [0.717, 1.165) is 27.6 Å². The lowest BCUT2D eigenvalue weighted by Crippen LogP contribution is -1.95. The number of methoxy groups -OCH3 is 2. The Kier molecular flexibility index (Phi) is 3.61. The number of aromatic nitrogens is 3. The minimum absolute atomic E-state index is 0.289. The highest BCUT2D eigenvalue weighted by Gasteiger charge is 2.14. The van der Waals surface area contributed by atoms with Gasteiger partial charge in [0.25, 0.3) is 0 Å². The van der Waals surface area contributed by atoms with Gasteiger partial charge in [-0.05, 0) is 30.3 Å². The molecule has 4 rings (SSSR count). The lowest BCUT2D eigenvalue weighted by atomic mass is 10.2. The van der Waals surface area contributed by atoms with Crippen LogP contribution in [-0.4, -0.2) is 29.2 Å². The summed E-state index contributed by atoms with van der Waals surface area (Å²) in [5, 5.41) is 4.08. The number of benzene rings is 2. The summed E-state index contributed by atoms with van der Waals surface area (Å²) >= 11 is 0. The number of anilines is 2. The molecule has 0 amide bonds. The van der Waals surface area contributed by atoms with E-state index in [9.17, 15) is 4.39 Å². The van der Waals surface area contributed by atoms with E-state index in [1.165, 1.54) is 18.5 Å². The van der Waals surface area contributed by atoms with Gasteiger partial charge in [-0.2, -0.15) is 0 Å². The number of H-pyrrole nitrogens is 1. The van der Waals surface area contributed by atoms with Gasteiger partial charge in [0.15, 0.2) is 17.3 Å². The first-order valence-corrected chi connectivity index (χ1v) is 7.60. The number of nitrogens with one attached hydrogen (secondary N) is 2. The van der Waals surface area contributed by atoms with Crippen molar-refractivity contribution in [1.29, 1.82) is 0 Å². The van der Waals surface area contributed by atoms with E-state index in [4.69, 9.17) is 9.47 Å². The summed E-state index contributed by atoms with van der Waals surface area (Å²) < 4.78 is 23.8. The van der Waals surface area contributed by atoms with Gasteiger partial charge in [0.05, 0.1) is 19.7 Å². The summed E-state index contributed by atoms with van der Waals surface area (Å²) in [6, 6.07) is 9.82. The molecule has 0 fully saturated rings. The second-order valence-electron chi connectivity index (χ2n) is 5.46. The van der Waals surface area contributed by atoms with Crippen molar-refractivity contribution in [2.24, 2.45) is 0 Å². The van der Waals surface area contributed by atoms with Gasteiger partial charge in [-0.1, -0.05) is 0 Å². The second kappa shape index (κ2) is 5.94. The van der Waals surface area contributed by atoms with Crippen LogP contribution in [0.25, 0.3) is 21.9 Å². The van der Waals surface area contributed by atoms with Crippen molar-refractivity contribution >= 4 is 33.4 Å². The van der Waals surface area contributed by atoms with Crippen LogP contribution < -0.4 is 14.8 Å². The van der Waals surface area contributed by atoms with Gasteiger partial charge in [-0.25, -0.2) is 14.4 Å². The Balaban J connectivity index is 1.87. The van der Waals surface area contributed by atoms with Crippen molar-refractivity contribution in [3.63, 3.8) is 0 Å². The quantitative estimate of drug-likeness (QED) is 0.588. The lowest BCUT2D eigenvalue weighted by Gasteiger charge is -2.06. The molecule has 0 saturated carbocycles. The molecule has 0 aliphatic rings. The molecule has 0 saturated heterocycles. The summed E-state index contributed by atoms with van der Waals surface area (Å²) in [6.07, 6.45) is 1.48. The average Bonchev–Trinajstić information content (AvgIpc) is 3.01.